The zero-order valence-corrected chi connectivity index (χ0v) is 7.93. The molecule has 6 heteroatoms. The number of hydrazine groups is 1. The molecular formula is C6H14N4OS. The van der Waals surface area contributed by atoms with Gasteiger partial charge in [0.1, 0.15) is 0 Å². The van der Waals surface area contributed by atoms with Gasteiger partial charge in [-0.3, -0.25) is 14.6 Å². The normalized spacial score (nSPS) is 21.2. The number of aliphatic imine (C=N–C) groups is 1. The van der Waals surface area contributed by atoms with Crippen molar-refractivity contribution < 1.29 is 4.21 Å². The van der Waals surface area contributed by atoms with E-state index in [1.54, 1.807) is 7.05 Å². The summed E-state index contributed by atoms with van der Waals surface area (Å²) in [6, 6.07) is 0. The molecule has 0 amide bonds. The van der Waals surface area contributed by atoms with Crippen LogP contribution < -0.4 is 11.3 Å². The molecule has 0 unspecified atom stereocenters. The second-order valence-electron chi connectivity index (χ2n) is 2.53. The molecule has 1 aliphatic heterocycles. The number of nitrogens with two attached hydrogens (primary N) is 1. The maximum Gasteiger partial charge on any atom is 0.208 e. The molecule has 70 valence electrons. The molecule has 5 nitrogen and oxygen atoms in total. The second kappa shape index (κ2) is 4.42. The van der Waals surface area contributed by atoms with Crippen LogP contribution >= 0.6 is 0 Å². The molecular weight excluding hydrogens is 176 g/mol. The molecule has 0 atom stereocenters. The number of hydrogen-bond acceptors (Lipinski definition) is 3. The van der Waals surface area contributed by atoms with E-state index in [9.17, 15) is 4.21 Å². The van der Waals surface area contributed by atoms with Gasteiger partial charge in [-0.25, -0.2) is 5.84 Å². The first-order chi connectivity index (χ1) is 5.77. The minimum atomic E-state index is -0.647. The van der Waals surface area contributed by atoms with Crippen LogP contribution in [0.1, 0.15) is 0 Å². The highest BCUT2D eigenvalue weighted by Gasteiger charge is 2.16. The lowest BCUT2D eigenvalue weighted by Gasteiger charge is -2.28. The summed E-state index contributed by atoms with van der Waals surface area (Å²) >= 11 is 0. The Labute approximate surface area is 74.4 Å². The molecule has 1 fully saturated rings. The Morgan fingerprint density at radius 3 is 2.58 bits per heavy atom. The maximum atomic E-state index is 11.0. The SMILES string of the molecule is CN=C(NN)N1CCS(=O)CC1. The summed E-state index contributed by atoms with van der Waals surface area (Å²) in [5, 5.41) is 0. The fraction of sp³-hybridized carbons (Fsp3) is 0.833. The highest BCUT2D eigenvalue weighted by atomic mass is 32.2. The van der Waals surface area contributed by atoms with Gasteiger partial charge in [-0.2, -0.15) is 0 Å². The van der Waals surface area contributed by atoms with Gasteiger partial charge in [0.25, 0.3) is 0 Å². The Kier molecular flexibility index (Phi) is 3.48. The summed E-state index contributed by atoms with van der Waals surface area (Å²) in [7, 11) is 1.03. The Balaban J connectivity index is 2.48. The first kappa shape index (κ1) is 9.47. The standard InChI is InChI=1S/C6H14N4OS/c1-8-6(9-7)10-2-4-12(11)5-3-10/h2-5,7H2,1H3,(H,8,9). The molecule has 0 aliphatic carbocycles. The largest absolute Gasteiger partial charge is 0.340 e. The van der Waals surface area contributed by atoms with Crippen molar-refractivity contribution >= 4 is 16.8 Å². The molecule has 0 aromatic heterocycles. The number of rotatable bonds is 0. The van der Waals surface area contributed by atoms with Gasteiger partial charge in [-0.1, -0.05) is 0 Å². The summed E-state index contributed by atoms with van der Waals surface area (Å²) in [6.45, 7) is 1.53. The quantitative estimate of drug-likeness (QED) is 0.211. The third-order valence-electron chi connectivity index (χ3n) is 1.82. The smallest absolute Gasteiger partial charge is 0.208 e. The van der Waals surface area contributed by atoms with Gasteiger partial charge in [0.15, 0.2) is 0 Å². The van der Waals surface area contributed by atoms with E-state index in [4.69, 9.17) is 5.84 Å². The Morgan fingerprint density at radius 1 is 1.58 bits per heavy atom. The molecule has 0 radical (unpaired) electrons. The summed E-state index contributed by atoms with van der Waals surface area (Å²) in [5.41, 5.74) is 2.51. The number of nitrogens with one attached hydrogen (secondary N) is 1. The predicted octanol–water partition coefficient (Wildman–Crippen LogP) is -1.50. The van der Waals surface area contributed by atoms with Crippen LogP contribution in [0.3, 0.4) is 0 Å². The summed E-state index contributed by atoms with van der Waals surface area (Å²) in [4.78, 5) is 5.96. The molecule has 0 saturated carbocycles. The molecule has 1 heterocycles. The van der Waals surface area contributed by atoms with Crippen LogP contribution in [0, 0.1) is 0 Å². The monoisotopic (exact) mass is 190 g/mol. The van der Waals surface area contributed by atoms with E-state index >= 15 is 0 Å². The van der Waals surface area contributed by atoms with E-state index < -0.39 is 10.8 Å². The van der Waals surface area contributed by atoms with Crippen molar-refractivity contribution in [2.24, 2.45) is 10.8 Å². The lowest BCUT2D eigenvalue weighted by atomic mass is 10.5. The van der Waals surface area contributed by atoms with E-state index in [1.807, 2.05) is 4.90 Å². The van der Waals surface area contributed by atoms with E-state index in [1.165, 1.54) is 0 Å². The lowest BCUT2D eigenvalue weighted by Crippen LogP contribution is -2.50. The minimum Gasteiger partial charge on any atom is -0.340 e. The van der Waals surface area contributed by atoms with E-state index in [0.717, 1.165) is 13.1 Å². The number of guanidine groups is 1. The highest BCUT2D eigenvalue weighted by Crippen LogP contribution is 1.99. The molecule has 1 aliphatic rings. The van der Waals surface area contributed by atoms with E-state index in [0.29, 0.717) is 17.5 Å². The van der Waals surface area contributed by atoms with Crippen molar-refractivity contribution in [3.63, 3.8) is 0 Å². The van der Waals surface area contributed by atoms with Gasteiger partial charge >= 0.3 is 0 Å². The maximum absolute atomic E-state index is 11.0. The number of hydrogen-bond donors (Lipinski definition) is 2. The topological polar surface area (TPSA) is 70.7 Å². The van der Waals surface area contributed by atoms with Gasteiger partial charge in [0.05, 0.1) is 0 Å². The van der Waals surface area contributed by atoms with Crippen LogP contribution in [-0.2, 0) is 10.8 Å². The average Bonchev–Trinajstić information content (AvgIpc) is 2.10. The van der Waals surface area contributed by atoms with Crippen LogP contribution in [-0.4, -0.2) is 46.7 Å². The molecule has 12 heavy (non-hydrogen) atoms. The molecule has 0 aromatic carbocycles. The van der Waals surface area contributed by atoms with Gasteiger partial charge < -0.3 is 4.90 Å². The zero-order valence-electron chi connectivity index (χ0n) is 7.12. The molecule has 0 bridgehead atoms. The number of nitrogens with zero attached hydrogens (tertiary/aromatic N) is 2. The third-order valence-corrected chi connectivity index (χ3v) is 3.09. The van der Waals surface area contributed by atoms with Crippen LogP contribution in [0.4, 0.5) is 0 Å². The molecule has 3 N–H and O–H groups in total. The minimum absolute atomic E-state index is 0.647. The first-order valence-electron chi connectivity index (χ1n) is 3.81. The Bertz CT molecular complexity index is 196. The van der Waals surface area contributed by atoms with Crippen molar-refractivity contribution in [1.29, 1.82) is 0 Å². The molecule has 1 rings (SSSR count). The van der Waals surface area contributed by atoms with Crippen LogP contribution in [0.2, 0.25) is 0 Å². The predicted molar refractivity (Wildman–Crippen MR) is 50.1 cm³/mol. The van der Waals surface area contributed by atoms with Crippen LogP contribution in [0.25, 0.3) is 0 Å². The van der Waals surface area contributed by atoms with E-state index in [-0.39, 0.29) is 0 Å². The lowest BCUT2D eigenvalue weighted by molar-refractivity contribution is 0.438. The van der Waals surface area contributed by atoms with Crippen LogP contribution in [0.5, 0.6) is 0 Å². The van der Waals surface area contributed by atoms with Gasteiger partial charge in [0.2, 0.25) is 5.96 Å². The molecule has 1 saturated heterocycles. The molecule has 0 spiro atoms. The molecule has 0 aromatic rings. The van der Waals surface area contributed by atoms with Crippen molar-refractivity contribution in [1.82, 2.24) is 10.3 Å². The average molecular weight is 190 g/mol. The fourth-order valence-corrected chi connectivity index (χ4v) is 2.20. The van der Waals surface area contributed by atoms with Crippen LogP contribution in [0.15, 0.2) is 4.99 Å². The van der Waals surface area contributed by atoms with E-state index in [2.05, 4.69) is 10.4 Å². The highest BCUT2D eigenvalue weighted by molar-refractivity contribution is 7.85. The van der Waals surface area contributed by atoms with Crippen molar-refractivity contribution in [3.05, 3.63) is 0 Å². The summed E-state index contributed by atoms with van der Waals surface area (Å²) < 4.78 is 11.0. The summed E-state index contributed by atoms with van der Waals surface area (Å²) in [6.07, 6.45) is 0. The van der Waals surface area contributed by atoms with Crippen molar-refractivity contribution in [2.75, 3.05) is 31.6 Å². The van der Waals surface area contributed by atoms with Crippen molar-refractivity contribution in [3.8, 4) is 0 Å². The second-order valence-corrected chi connectivity index (χ2v) is 4.22. The third kappa shape index (κ3) is 2.18. The van der Waals surface area contributed by atoms with Gasteiger partial charge in [-0.15, -0.1) is 0 Å². The Morgan fingerprint density at radius 2 is 2.17 bits per heavy atom. The van der Waals surface area contributed by atoms with Crippen molar-refractivity contribution in [2.45, 2.75) is 0 Å². The summed E-state index contributed by atoms with van der Waals surface area (Å²) in [5.74, 6) is 7.34. The first-order valence-corrected chi connectivity index (χ1v) is 5.30. The van der Waals surface area contributed by atoms with Gasteiger partial charge in [-0.05, 0) is 0 Å². The Hall–Kier alpha value is -0.620. The van der Waals surface area contributed by atoms with Gasteiger partial charge in [0, 0.05) is 42.4 Å². The fourth-order valence-electron chi connectivity index (χ4n) is 1.15. The zero-order chi connectivity index (χ0) is 8.97.